The van der Waals surface area contributed by atoms with Crippen LogP contribution in [0.25, 0.3) is 22.2 Å². The van der Waals surface area contributed by atoms with E-state index in [1.165, 1.54) is 26.2 Å². The van der Waals surface area contributed by atoms with Gasteiger partial charge in [0.15, 0.2) is 5.82 Å². The quantitative estimate of drug-likeness (QED) is 0.391. The third kappa shape index (κ3) is 5.47. The van der Waals surface area contributed by atoms with Gasteiger partial charge in [-0.2, -0.15) is 17.7 Å². The molecule has 3 heterocycles. The monoisotopic (exact) mass is 579 g/mol. The first-order chi connectivity index (χ1) is 18.9. The molecule has 3 atom stereocenters. The Hall–Kier alpha value is -3.72. The minimum absolute atomic E-state index is 0.0108. The van der Waals surface area contributed by atoms with Gasteiger partial charge in [-0.25, -0.2) is 18.2 Å². The van der Waals surface area contributed by atoms with E-state index in [2.05, 4.69) is 20.6 Å². The molecular weight excluding hydrogens is 551 g/mol. The number of aromatic nitrogens is 3. The normalized spacial score (nSPS) is 21.6. The summed E-state index contributed by atoms with van der Waals surface area (Å²) < 4.78 is 73.3. The topological polar surface area (TPSA) is 138 Å². The van der Waals surface area contributed by atoms with Crippen molar-refractivity contribution in [1.29, 1.82) is 0 Å². The number of carbonyl (C=O) groups is 1. The van der Waals surface area contributed by atoms with E-state index in [4.69, 9.17) is 0 Å². The van der Waals surface area contributed by atoms with Crippen LogP contribution >= 0.6 is 0 Å². The zero-order valence-electron chi connectivity index (χ0n) is 21.7. The summed E-state index contributed by atoms with van der Waals surface area (Å²) in [5, 5.41) is 6.41. The van der Waals surface area contributed by atoms with Gasteiger partial charge in [0.05, 0.1) is 16.8 Å². The first kappa shape index (κ1) is 27.8. The summed E-state index contributed by atoms with van der Waals surface area (Å²) in [6.07, 6.45) is 2.37. The van der Waals surface area contributed by atoms with Gasteiger partial charge in [-0.1, -0.05) is 0 Å². The zero-order valence-corrected chi connectivity index (χ0v) is 22.6. The molecule has 2 fully saturated rings. The number of halogens is 3. The van der Waals surface area contributed by atoms with E-state index in [1.807, 2.05) is 4.72 Å². The second-order valence-electron chi connectivity index (χ2n) is 10.1. The summed E-state index contributed by atoms with van der Waals surface area (Å²) in [7, 11) is -2.91. The van der Waals surface area contributed by atoms with E-state index in [0.29, 0.717) is 11.8 Å². The Morgan fingerprint density at radius 2 is 1.90 bits per heavy atom. The van der Waals surface area contributed by atoms with Gasteiger partial charge in [-0.15, -0.1) is 0 Å². The minimum atomic E-state index is -4.31. The molecule has 2 aliphatic rings. The van der Waals surface area contributed by atoms with Crippen LogP contribution in [0.1, 0.15) is 32.6 Å². The SMILES string of the molecule is CC(=O)N[C@H]1CC[C@H](Nc2ncc3cc(-c4c(F)ccc(NS(=O)(=O)N5CC[C@@H](F)C5)c4F)c(=O)n(C)c3n2)C1. The summed E-state index contributed by atoms with van der Waals surface area (Å²) in [4.78, 5) is 33.3. The summed E-state index contributed by atoms with van der Waals surface area (Å²) >= 11 is 0. The van der Waals surface area contributed by atoms with E-state index < -0.39 is 44.8 Å². The van der Waals surface area contributed by atoms with Crippen LogP contribution in [-0.4, -0.2) is 64.5 Å². The average molecular weight is 580 g/mol. The number of hydrogen-bond acceptors (Lipinski definition) is 7. The highest BCUT2D eigenvalue weighted by Gasteiger charge is 2.32. The van der Waals surface area contributed by atoms with Crippen molar-refractivity contribution in [3.8, 4) is 11.1 Å². The smallest absolute Gasteiger partial charge is 0.301 e. The van der Waals surface area contributed by atoms with Crippen molar-refractivity contribution in [2.24, 2.45) is 7.05 Å². The first-order valence-electron chi connectivity index (χ1n) is 12.7. The van der Waals surface area contributed by atoms with Crippen molar-refractivity contribution in [1.82, 2.24) is 24.2 Å². The van der Waals surface area contributed by atoms with Crippen molar-refractivity contribution in [2.75, 3.05) is 23.1 Å². The maximum atomic E-state index is 15.6. The van der Waals surface area contributed by atoms with Crippen LogP contribution in [0, 0.1) is 11.6 Å². The highest BCUT2D eigenvalue weighted by Crippen LogP contribution is 2.32. The molecule has 0 radical (unpaired) electrons. The molecule has 2 aromatic heterocycles. The number of nitrogens with zero attached hydrogens (tertiary/aromatic N) is 4. The fourth-order valence-electron chi connectivity index (χ4n) is 5.20. The molecule has 1 aliphatic carbocycles. The Morgan fingerprint density at radius 1 is 1.15 bits per heavy atom. The van der Waals surface area contributed by atoms with Crippen LogP contribution in [0.4, 0.5) is 24.8 Å². The van der Waals surface area contributed by atoms with Crippen LogP contribution in [0.5, 0.6) is 0 Å². The molecule has 0 unspecified atom stereocenters. The Balaban J connectivity index is 1.45. The molecule has 15 heteroatoms. The largest absolute Gasteiger partial charge is 0.354 e. The van der Waals surface area contributed by atoms with Crippen molar-refractivity contribution in [3.05, 3.63) is 46.4 Å². The van der Waals surface area contributed by atoms with E-state index >= 15 is 4.39 Å². The second kappa shape index (κ2) is 10.7. The van der Waals surface area contributed by atoms with Gasteiger partial charge in [0.25, 0.3) is 5.56 Å². The van der Waals surface area contributed by atoms with Gasteiger partial charge in [-0.05, 0) is 43.9 Å². The number of aryl methyl sites for hydroxylation is 1. The van der Waals surface area contributed by atoms with Crippen LogP contribution in [-0.2, 0) is 22.1 Å². The van der Waals surface area contributed by atoms with Gasteiger partial charge in [-0.3, -0.25) is 18.9 Å². The Bertz CT molecular complexity index is 1650. The third-order valence-corrected chi connectivity index (χ3v) is 8.64. The number of rotatable bonds is 7. The summed E-state index contributed by atoms with van der Waals surface area (Å²) in [6.45, 7) is 1.01. The molecular formula is C25H28F3N7O4S. The molecule has 1 amide bonds. The zero-order chi connectivity index (χ0) is 28.8. The maximum absolute atomic E-state index is 15.6. The molecule has 1 aliphatic heterocycles. The Labute approximate surface area is 228 Å². The lowest BCUT2D eigenvalue weighted by atomic mass is 10.0. The Morgan fingerprint density at radius 3 is 2.60 bits per heavy atom. The van der Waals surface area contributed by atoms with Gasteiger partial charge < -0.3 is 10.6 Å². The number of nitrogens with one attached hydrogen (secondary N) is 3. The molecule has 1 saturated heterocycles. The van der Waals surface area contributed by atoms with E-state index in [9.17, 15) is 26.8 Å². The maximum Gasteiger partial charge on any atom is 0.301 e. The number of amides is 1. The van der Waals surface area contributed by atoms with E-state index in [-0.39, 0.29) is 54.7 Å². The van der Waals surface area contributed by atoms with Crippen LogP contribution in [0.15, 0.2) is 29.2 Å². The predicted octanol–water partition coefficient (Wildman–Crippen LogP) is 2.44. The Kier molecular flexibility index (Phi) is 7.44. The van der Waals surface area contributed by atoms with Gasteiger partial charge >= 0.3 is 10.2 Å². The van der Waals surface area contributed by atoms with Gasteiger partial charge in [0, 0.05) is 50.7 Å². The number of pyridine rings is 1. The molecule has 214 valence electrons. The van der Waals surface area contributed by atoms with Gasteiger partial charge in [0.1, 0.15) is 17.6 Å². The lowest BCUT2D eigenvalue weighted by Gasteiger charge is -2.18. The standard InChI is InChI=1S/C25H28F3N7O4S/c1-13(36)30-16-3-4-17(10-16)31-25-29-11-14-9-18(24(37)34(2)23(14)32-25)21-19(27)5-6-20(22(21)28)33-40(38,39)35-8-7-15(26)12-35/h5-6,9,11,15-17,33H,3-4,7-8,10,12H2,1-2H3,(H,30,36)(H,29,31,32)/t15-,16+,17+/m1/s1. The summed E-state index contributed by atoms with van der Waals surface area (Å²) in [5.41, 5.74) is -2.19. The highest BCUT2D eigenvalue weighted by molar-refractivity contribution is 7.90. The molecule has 40 heavy (non-hydrogen) atoms. The van der Waals surface area contributed by atoms with E-state index in [0.717, 1.165) is 33.8 Å². The van der Waals surface area contributed by atoms with Crippen LogP contribution in [0.3, 0.4) is 0 Å². The average Bonchev–Trinajstić information content (AvgIpc) is 3.53. The van der Waals surface area contributed by atoms with Gasteiger partial charge in [0.2, 0.25) is 11.9 Å². The molecule has 5 rings (SSSR count). The van der Waals surface area contributed by atoms with Crippen molar-refractivity contribution in [2.45, 2.75) is 50.9 Å². The first-order valence-corrected chi connectivity index (χ1v) is 14.2. The minimum Gasteiger partial charge on any atom is -0.354 e. The fourth-order valence-corrected chi connectivity index (χ4v) is 6.47. The van der Waals surface area contributed by atoms with Crippen LogP contribution in [0.2, 0.25) is 0 Å². The predicted molar refractivity (Wildman–Crippen MR) is 143 cm³/mol. The molecule has 0 spiro atoms. The molecule has 1 aromatic carbocycles. The van der Waals surface area contributed by atoms with Crippen molar-refractivity contribution < 1.29 is 26.4 Å². The van der Waals surface area contributed by atoms with E-state index in [1.54, 1.807) is 0 Å². The highest BCUT2D eigenvalue weighted by atomic mass is 32.2. The fraction of sp³-hybridized carbons (Fsp3) is 0.440. The molecule has 3 N–H and O–H groups in total. The number of anilines is 2. The van der Waals surface area contributed by atoms with Crippen LogP contribution < -0.4 is 20.9 Å². The summed E-state index contributed by atoms with van der Waals surface area (Å²) in [6, 6.07) is 3.06. The number of fused-ring (bicyclic) bond motifs is 1. The second-order valence-corrected chi connectivity index (χ2v) is 11.8. The number of hydrogen-bond donors (Lipinski definition) is 3. The lowest BCUT2D eigenvalue weighted by molar-refractivity contribution is -0.119. The lowest BCUT2D eigenvalue weighted by Crippen LogP contribution is -2.34. The third-order valence-electron chi connectivity index (χ3n) is 7.15. The molecule has 0 bridgehead atoms. The molecule has 11 nitrogen and oxygen atoms in total. The number of alkyl halides is 1. The van der Waals surface area contributed by atoms with Crippen molar-refractivity contribution >= 4 is 38.8 Å². The number of carbonyl (C=O) groups excluding carboxylic acids is 1. The number of benzene rings is 1. The summed E-state index contributed by atoms with van der Waals surface area (Å²) in [5.74, 6) is -2.20. The molecule has 3 aromatic rings. The molecule has 1 saturated carbocycles. The van der Waals surface area contributed by atoms with Crippen molar-refractivity contribution in [3.63, 3.8) is 0 Å².